The number of carbonyl (C=O) groups is 2. The van der Waals surface area contributed by atoms with Gasteiger partial charge in [0.1, 0.15) is 5.70 Å². The van der Waals surface area contributed by atoms with Crippen LogP contribution < -0.4 is 5.32 Å². The van der Waals surface area contributed by atoms with Crippen LogP contribution in [0.2, 0.25) is 5.02 Å². The van der Waals surface area contributed by atoms with E-state index in [0.29, 0.717) is 22.8 Å². The average Bonchev–Trinajstić information content (AvgIpc) is 3.03. The summed E-state index contributed by atoms with van der Waals surface area (Å²) in [7, 11) is 0. The highest BCUT2D eigenvalue weighted by Gasteiger charge is 2.39. The van der Waals surface area contributed by atoms with Gasteiger partial charge in [0.25, 0.3) is 11.8 Å². The van der Waals surface area contributed by atoms with Crippen LogP contribution in [0.5, 0.6) is 0 Å². The average molecular weight is 468 g/mol. The Hall–Kier alpha value is -2.67. The van der Waals surface area contributed by atoms with Gasteiger partial charge in [0, 0.05) is 36.9 Å². The van der Waals surface area contributed by atoms with Crippen LogP contribution in [-0.4, -0.2) is 61.0 Å². The minimum Gasteiger partial charge on any atom is -0.379 e. The molecule has 1 fully saturated rings. The number of nitrogens with one attached hydrogen (secondary N) is 1. The molecule has 2 amide bonds. The van der Waals surface area contributed by atoms with E-state index < -0.39 is 0 Å². The molecule has 0 saturated carbocycles. The van der Waals surface area contributed by atoms with Crippen molar-refractivity contribution in [2.75, 3.05) is 44.7 Å². The van der Waals surface area contributed by atoms with Crippen LogP contribution in [-0.2, 0) is 14.3 Å². The second-order valence-electron chi connectivity index (χ2n) is 8.70. The lowest BCUT2D eigenvalue weighted by molar-refractivity contribution is -0.136. The maximum absolute atomic E-state index is 13.5. The third-order valence-electron chi connectivity index (χ3n) is 6.38. The van der Waals surface area contributed by atoms with E-state index in [-0.39, 0.29) is 11.8 Å². The number of halogens is 1. The molecule has 2 aliphatic rings. The number of ether oxygens (including phenoxy) is 1. The fourth-order valence-corrected chi connectivity index (χ4v) is 4.37. The van der Waals surface area contributed by atoms with E-state index >= 15 is 0 Å². The van der Waals surface area contributed by atoms with Gasteiger partial charge >= 0.3 is 0 Å². The zero-order chi connectivity index (χ0) is 23.5. The van der Waals surface area contributed by atoms with Crippen molar-refractivity contribution in [3.8, 4) is 0 Å². The molecule has 2 aromatic rings. The van der Waals surface area contributed by atoms with Gasteiger partial charge in [-0.1, -0.05) is 35.9 Å². The van der Waals surface area contributed by atoms with Gasteiger partial charge in [-0.15, -0.1) is 0 Å². The summed E-state index contributed by atoms with van der Waals surface area (Å²) in [5.74, 6) is -0.554. The maximum Gasteiger partial charge on any atom is 0.278 e. The number of anilines is 1. The van der Waals surface area contributed by atoms with E-state index in [0.717, 1.165) is 67.2 Å². The highest BCUT2D eigenvalue weighted by atomic mass is 35.5. The predicted molar refractivity (Wildman–Crippen MR) is 131 cm³/mol. The number of carbonyl (C=O) groups excluding carboxylic acids is 2. The van der Waals surface area contributed by atoms with Crippen LogP contribution in [0.1, 0.15) is 28.7 Å². The second-order valence-corrected chi connectivity index (χ2v) is 9.14. The molecule has 2 heterocycles. The first-order valence-electron chi connectivity index (χ1n) is 11.4. The maximum atomic E-state index is 13.5. The predicted octanol–water partition coefficient (Wildman–Crippen LogP) is 4.18. The zero-order valence-corrected chi connectivity index (χ0v) is 20.2. The molecule has 6 nitrogen and oxygen atoms in total. The van der Waals surface area contributed by atoms with Gasteiger partial charge in [0.15, 0.2) is 0 Å². The van der Waals surface area contributed by atoms with Crippen molar-refractivity contribution in [1.29, 1.82) is 0 Å². The highest BCUT2D eigenvalue weighted by Crippen LogP contribution is 2.33. The Morgan fingerprint density at radius 2 is 1.64 bits per heavy atom. The first-order chi connectivity index (χ1) is 15.8. The minimum absolute atomic E-state index is 0.257. The van der Waals surface area contributed by atoms with Gasteiger partial charge in [0.2, 0.25) is 0 Å². The summed E-state index contributed by atoms with van der Waals surface area (Å²) in [4.78, 5) is 30.6. The fraction of sp³-hybridized carbons (Fsp3) is 0.385. The van der Waals surface area contributed by atoms with Crippen molar-refractivity contribution < 1.29 is 14.3 Å². The molecule has 0 aromatic heterocycles. The topological polar surface area (TPSA) is 61.9 Å². The number of imide groups is 1. The number of rotatable bonds is 7. The Bertz CT molecular complexity index is 1110. The van der Waals surface area contributed by atoms with Crippen LogP contribution in [0.25, 0.3) is 5.57 Å². The molecular formula is C26H30ClN3O3. The Balaban J connectivity index is 1.62. The highest BCUT2D eigenvalue weighted by molar-refractivity contribution is 6.36. The standard InChI is InChI=1S/C26H30ClN3O3/c1-17-5-7-20(15-19(17)3)23-24(28-22-16-21(27)8-6-18(22)2)26(32)30(25(23)31)10-4-9-29-11-13-33-14-12-29/h5-8,15-16,28H,4,9-14H2,1-3H3. The number of hydrogen-bond donors (Lipinski definition) is 1. The molecule has 2 aliphatic heterocycles. The molecule has 0 atom stereocenters. The second kappa shape index (κ2) is 10.1. The third-order valence-corrected chi connectivity index (χ3v) is 6.62. The quantitative estimate of drug-likeness (QED) is 0.619. The molecule has 0 bridgehead atoms. The van der Waals surface area contributed by atoms with Gasteiger partial charge in [-0.05, 0) is 61.6 Å². The van der Waals surface area contributed by atoms with E-state index in [1.165, 1.54) is 4.90 Å². The largest absolute Gasteiger partial charge is 0.379 e. The van der Waals surface area contributed by atoms with Crippen molar-refractivity contribution >= 4 is 34.7 Å². The van der Waals surface area contributed by atoms with Crippen molar-refractivity contribution in [3.63, 3.8) is 0 Å². The van der Waals surface area contributed by atoms with Gasteiger partial charge in [-0.3, -0.25) is 19.4 Å². The number of morpholine rings is 1. The summed E-state index contributed by atoms with van der Waals surface area (Å²) < 4.78 is 5.40. The Morgan fingerprint density at radius 3 is 2.36 bits per heavy atom. The van der Waals surface area contributed by atoms with Crippen LogP contribution in [0.4, 0.5) is 5.69 Å². The summed E-state index contributed by atoms with van der Waals surface area (Å²) >= 11 is 6.20. The summed E-state index contributed by atoms with van der Waals surface area (Å²) in [6.07, 6.45) is 0.723. The van der Waals surface area contributed by atoms with Crippen molar-refractivity contribution in [2.45, 2.75) is 27.2 Å². The Morgan fingerprint density at radius 1 is 0.909 bits per heavy atom. The molecule has 0 spiro atoms. The molecule has 4 rings (SSSR count). The van der Waals surface area contributed by atoms with E-state index in [4.69, 9.17) is 16.3 Å². The first-order valence-corrected chi connectivity index (χ1v) is 11.7. The first kappa shape index (κ1) is 23.5. The molecule has 0 radical (unpaired) electrons. The third kappa shape index (κ3) is 5.13. The molecule has 33 heavy (non-hydrogen) atoms. The van der Waals surface area contributed by atoms with E-state index in [9.17, 15) is 9.59 Å². The van der Waals surface area contributed by atoms with Gasteiger partial charge in [-0.2, -0.15) is 0 Å². The monoisotopic (exact) mass is 467 g/mol. The van der Waals surface area contributed by atoms with Crippen LogP contribution >= 0.6 is 11.6 Å². The molecular weight excluding hydrogens is 438 g/mol. The van der Waals surface area contributed by atoms with Gasteiger partial charge < -0.3 is 10.1 Å². The SMILES string of the molecule is Cc1ccc(C2=C(Nc3cc(Cl)ccc3C)C(=O)N(CCCN3CCOCC3)C2=O)cc1C. The van der Waals surface area contributed by atoms with Crippen LogP contribution in [0, 0.1) is 20.8 Å². The van der Waals surface area contributed by atoms with Crippen LogP contribution in [0.3, 0.4) is 0 Å². The lowest BCUT2D eigenvalue weighted by Crippen LogP contribution is -2.39. The zero-order valence-electron chi connectivity index (χ0n) is 19.4. The Labute approximate surface area is 200 Å². The molecule has 174 valence electrons. The van der Waals surface area contributed by atoms with Crippen molar-refractivity contribution in [3.05, 3.63) is 69.4 Å². The van der Waals surface area contributed by atoms with Crippen molar-refractivity contribution in [2.24, 2.45) is 0 Å². The molecule has 1 N–H and O–H groups in total. The fourth-order valence-electron chi connectivity index (χ4n) is 4.20. The lowest BCUT2D eigenvalue weighted by Gasteiger charge is -2.27. The summed E-state index contributed by atoms with van der Waals surface area (Å²) in [6, 6.07) is 11.3. The van der Waals surface area contributed by atoms with Gasteiger partial charge in [0.05, 0.1) is 18.8 Å². The molecule has 0 unspecified atom stereocenters. The summed E-state index contributed by atoms with van der Waals surface area (Å²) in [6.45, 7) is 10.4. The number of benzene rings is 2. The summed E-state index contributed by atoms with van der Waals surface area (Å²) in [5, 5.41) is 3.80. The number of nitrogens with zero attached hydrogens (tertiary/aromatic N) is 2. The normalized spacial score (nSPS) is 17.3. The smallest absolute Gasteiger partial charge is 0.278 e. The Kier molecular flexibility index (Phi) is 7.17. The minimum atomic E-state index is -0.297. The van der Waals surface area contributed by atoms with Crippen LogP contribution in [0.15, 0.2) is 42.1 Å². The number of amides is 2. The van der Waals surface area contributed by atoms with E-state index in [1.807, 2.05) is 45.0 Å². The molecule has 1 saturated heterocycles. The number of aryl methyl sites for hydroxylation is 3. The van der Waals surface area contributed by atoms with Crippen molar-refractivity contribution in [1.82, 2.24) is 9.80 Å². The number of hydrogen-bond acceptors (Lipinski definition) is 5. The molecule has 0 aliphatic carbocycles. The van der Waals surface area contributed by atoms with E-state index in [2.05, 4.69) is 10.2 Å². The molecule has 7 heteroatoms. The van der Waals surface area contributed by atoms with E-state index in [1.54, 1.807) is 12.1 Å². The molecule has 2 aromatic carbocycles. The summed E-state index contributed by atoms with van der Waals surface area (Å²) in [5.41, 5.74) is 5.33. The lowest BCUT2D eigenvalue weighted by atomic mass is 9.99. The van der Waals surface area contributed by atoms with Gasteiger partial charge in [-0.25, -0.2) is 0 Å².